The fourth-order valence-corrected chi connectivity index (χ4v) is 2.57. The van der Waals surface area contributed by atoms with E-state index in [0.29, 0.717) is 5.57 Å². The Labute approximate surface area is 123 Å². The number of hydrogen-bond acceptors (Lipinski definition) is 3. The summed E-state index contributed by atoms with van der Waals surface area (Å²) in [7, 11) is 1.64. The van der Waals surface area contributed by atoms with Crippen LogP contribution in [0.3, 0.4) is 0 Å². The van der Waals surface area contributed by atoms with Crippen LogP contribution in [0.15, 0.2) is 59.6 Å². The van der Waals surface area contributed by atoms with Crippen LogP contribution < -0.4 is 4.74 Å². The molecule has 0 bridgehead atoms. The molecule has 2 aromatic rings. The summed E-state index contributed by atoms with van der Waals surface area (Å²) in [5.74, 6) is 0.787. The normalized spacial score (nSPS) is 15.3. The molecule has 1 unspecified atom stereocenters. The number of methoxy groups -OCH3 is 1. The van der Waals surface area contributed by atoms with Gasteiger partial charge in [-0.2, -0.15) is 5.26 Å². The number of rotatable bonds is 2. The van der Waals surface area contributed by atoms with Crippen LogP contribution in [0.4, 0.5) is 0 Å². The molecule has 21 heavy (non-hydrogen) atoms. The molecule has 0 radical (unpaired) electrons. The van der Waals surface area contributed by atoms with Crippen molar-refractivity contribution in [1.82, 2.24) is 0 Å². The number of ether oxygens (including phenoxy) is 1. The average Bonchev–Trinajstić information content (AvgIpc) is 2.70. The van der Waals surface area contributed by atoms with Crippen LogP contribution in [-0.4, -0.2) is 13.3 Å². The largest absolute Gasteiger partial charge is 0.497 e. The third-order valence-corrected chi connectivity index (χ3v) is 3.64. The van der Waals surface area contributed by atoms with Gasteiger partial charge in [0.1, 0.15) is 11.8 Å². The van der Waals surface area contributed by atoms with Crippen LogP contribution in [0.25, 0.3) is 11.1 Å². The fourth-order valence-electron chi connectivity index (χ4n) is 2.57. The predicted octanol–water partition coefficient (Wildman–Crippen LogP) is 3.92. The first-order valence-corrected chi connectivity index (χ1v) is 6.64. The van der Waals surface area contributed by atoms with E-state index in [1.165, 1.54) is 0 Å². The van der Waals surface area contributed by atoms with Crippen molar-refractivity contribution in [1.29, 1.82) is 5.26 Å². The van der Waals surface area contributed by atoms with Gasteiger partial charge in [-0.15, -0.1) is 0 Å². The Kier molecular flexibility index (Phi) is 3.29. The van der Waals surface area contributed by atoms with Gasteiger partial charge in [-0.25, -0.2) is 0 Å². The monoisotopic (exact) mass is 274 g/mol. The topological polar surface area (TPSA) is 45.4 Å². The molecule has 1 atom stereocenters. The summed E-state index contributed by atoms with van der Waals surface area (Å²) in [5, 5.41) is 9.16. The lowest BCUT2D eigenvalue weighted by molar-refractivity contribution is 0.415. The van der Waals surface area contributed by atoms with Gasteiger partial charge >= 0.3 is 0 Å². The van der Waals surface area contributed by atoms with Crippen LogP contribution in [0.2, 0.25) is 0 Å². The number of nitrogens with zero attached hydrogens (tertiary/aromatic N) is 2. The van der Waals surface area contributed by atoms with E-state index >= 15 is 0 Å². The van der Waals surface area contributed by atoms with Gasteiger partial charge in [-0.3, -0.25) is 4.99 Å². The highest BCUT2D eigenvalue weighted by Gasteiger charge is 2.21. The van der Waals surface area contributed by atoms with E-state index in [9.17, 15) is 0 Å². The van der Waals surface area contributed by atoms with Crippen LogP contribution >= 0.6 is 0 Å². The third kappa shape index (κ3) is 2.21. The zero-order valence-electron chi connectivity index (χ0n) is 11.7. The smallest absolute Gasteiger partial charge is 0.119 e. The SMILES string of the molecule is C=C(C#N)C1N=Cc2cc(OC)ccc2-c2ccccc21. The summed E-state index contributed by atoms with van der Waals surface area (Å²) >= 11 is 0. The van der Waals surface area contributed by atoms with E-state index in [4.69, 9.17) is 10.00 Å². The molecule has 0 spiro atoms. The van der Waals surface area contributed by atoms with Crippen molar-refractivity contribution in [3.05, 3.63) is 65.7 Å². The quantitative estimate of drug-likeness (QED) is 0.779. The van der Waals surface area contributed by atoms with Crippen molar-refractivity contribution in [2.45, 2.75) is 6.04 Å². The molecule has 0 aliphatic carbocycles. The lowest BCUT2D eigenvalue weighted by Gasteiger charge is -2.14. The lowest BCUT2D eigenvalue weighted by Crippen LogP contribution is -1.98. The van der Waals surface area contributed by atoms with E-state index in [1.54, 1.807) is 13.3 Å². The molecule has 3 nitrogen and oxygen atoms in total. The molecular weight excluding hydrogens is 260 g/mol. The molecule has 102 valence electrons. The third-order valence-electron chi connectivity index (χ3n) is 3.64. The van der Waals surface area contributed by atoms with E-state index in [0.717, 1.165) is 28.0 Å². The van der Waals surface area contributed by atoms with Gasteiger partial charge in [0.25, 0.3) is 0 Å². The molecule has 3 heteroatoms. The molecule has 1 heterocycles. The second kappa shape index (κ2) is 5.26. The fraction of sp³-hybridized carbons (Fsp3) is 0.111. The van der Waals surface area contributed by atoms with Gasteiger partial charge in [-0.05, 0) is 28.8 Å². The van der Waals surface area contributed by atoms with Gasteiger partial charge in [0.2, 0.25) is 0 Å². The molecule has 2 aromatic carbocycles. The second-order valence-corrected chi connectivity index (χ2v) is 4.86. The molecule has 1 aliphatic heterocycles. The summed E-state index contributed by atoms with van der Waals surface area (Å²) in [6.45, 7) is 3.83. The van der Waals surface area contributed by atoms with E-state index in [-0.39, 0.29) is 6.04 Å². The molecule has 3 rings (SSSR count). The first kappa shape index (κ1) is 13.1. The Morgan fingerprint density at radius 2 is 2.05 bits per heavy atom. The van der Waals surface area contributed by atoms with Crippen LogP contribution in [0.1, 0.15) is 17.2 Å². The van der Waals surface area contributed by atoms with Crippen molar-refractivity contribution < 1.29 is 4.74 Å². The minimum Gasteiger partial charge on any atom is -0.497 e. The van der Waals surface area contributed by atoms with Crippen LogP contribution in [0.5, 0.6) is 5.75 Å². The lowest BCUT2D eigenvalue weighted by atomic mass is 9.91. The number of aliphatic imine (C=N–C) groups is 1. The standard InChI is InChI=1S/C18H14N2O/c1-12(10-19)18-17-6-4-3-5-16(17)15-8-7-14(21-2)9-13(15)11-20-18/h3-9,11,18H,1H2,2H3. The highest BCUT2D eigenvalue weighted by atomic mass is 16.5. The first-order valence-electron chi connectivity index (χ1n) is 6.64. The minimum absolute atomic E-state index is 0.329. The Morgan fingerprint density at radius 3 is 2.81 bits per heavy atom. The number of hydrogen-bond donors (Lipinski definition) is 0. The predicted molar refractivity (Wildman–Crippen MR) is 83.5 cm³/mol. The molecular formula is C18H14N2O. The summed E-state index contributed by atoms with van der Waals surface area (Å²) in [6, 6.07) is 15.7. The zero-order chi connectivity index (χ0) is 14.8. The molecule has 0 amide bonds. The van der Waals surface area contributed by atoms with Gasteiger partial charge in [-0.1, -0.05) is 36.9 Å². The van der Waals surface area contributed by atoms with Crippen LogP contribution in [-0.2, 0) is 0 Å². The Hall–Kier alpha value is -2.86. The van der Waals surface area contributed by atoms with E-state index in [1.807, 2.05) is 42.5 Å². The van der Waals surface area contributed by atoms with Gasteiger partial charge in [0.05, 0.1) is 18.8 Å². The van der Waals surface area contributed by atoms with Gasteiger partial charge < -0.3 is 4.74 Å². The molecule has 0 aromatic heterocycles. The van der Waals surface area contributed by atoms with E-state index in [2.05, 4.69) is 17.6 Å². The Balaban J connectivity index is 2.25. The summed E-state index contributed by atoms with van der Waals surface area (Å²) in [5.41, 5.74) is 4.59. The minimum atomic E-state index is -0.329. The maximum Gasteiger partial charge on any atom is 0.119 e. The Morgan fingerprint density at radius 1 is 1.24 bits per heavy atom. The Bertz CT molecular complexity index is 784. The highest BCUT2D eigenvalue weighted by molar-refractivity contribution is 5.93. The summed E-state index contributed by atoms with van der Waals surface area (Å²) in [6.07, 6.45) is 1.80. The number of fused-ring (bicyclic) bond motifs is 3. The molecule has 0 saturated carbocycles. The summed E-state index contributed by atoms with van der Waals surface area (Å²) < 4.78 is 5.27. The van der Waals surface area contributed by atoms with Crippen molar-refractivity contribution in [3.8, 4) is 22.9 Å². The van der Waals surface area contributed by atoms with Crippen LogP contribution in [0, 0.1) is 11.3 Å². The summed E-state index contributed by atoms with van der Waals surface area (Å²) in [4.78, 5) is 4.55. The molecule has 0 saturated heterocycles. The zero-order valence-corrected chi connectivity index (χ0v) is 11.7. The van der Waals surface area contributed by atoms with Crippen molar-refractivity contribution in [2.24, 2.45) is 4.99 Å². The maximum absolute atomic E-state index is 9.16. The maximum atomic E-state index is 9.16. The van der Waals surface area contributed by atoms with E-state index < -0.39 is 0 Å². The average molecular weight is 274 g/mol. The van der Waals surface area contributed by atoms with Gasteiger partial charge in [0, 0.05) is 11.8 Å². The second-order valence-electron chi connectivity index (χ2n) is 4.86. The molecule has 0 fully saturated rings. The van der Waals surface area contributed by atoms with Crippen molar-refractivity contribution in [2.75, 3.05) is 7.11 Å². The molecule has 0 N–H and O–H groups in total. The van der Waals surface area contributed by atoms with Crippen molar-refractivity contribution >= 4 is 6.21 Å². The number of benzene rings is 2. The number of nitriles is 1. The first-order chi connectivity index (χ1) is 10.2. The molecule has 1 aliphatic rings. The van der Waals surface area contributed by atoms with Gasteiger partial charge in [0.15, 0.2) is 0 Å². The highest BCUT2D eigenvalue weighted by Crippen LogP contribution is 2.38. The van der Waals surface area contributed by atoms with Crippen molar-refractivity contribution in [3.63, 3.8) is 0 Å².